The molecule has 3 nitrogen and oxygen atoms in total. The van der Waals surface area contributed by atoms with Crippen molar-refractivity contribution in [1.29, 1.82) is 0 Å². The number of hydrogen-bond acceptors (Lipinski definition) is 3. The number of hydrogen-bond donors (Lipinski definition) is 3. The molecule has 0 aliphatic carbocycles. The predicted molar refractivity (Wildman–Crippen MR) is 57.8 cm³/mol. The number of nitrogens with one attached hydrogen (secondary N) is 1. The molecule has 0 fully saturated rings. The molecule has 1 rings (SSSR count). The smallest absolute Gasteiger partial charge is 0.132 e. The quantitative estimate of drug-likeness (QED) is 0.705. The zero-order valence-electron chi connectivity index (χ0n) is 9.08. The second-order valence-electron chi connectivity index (χ2n) is 3.64. The monoisotopic (exact) mass is 230 g/mol. The molecule has 1 aromatic rings. The Kier molecular flexibility index (Phi) is 4.79. The van der Waals surface area contributed by atoms with Crippen LogP contribution in [-0.2, 0) is 0 Å². The highest BCUT2D eigenvalue weighted by molar-refractivity contribution is 5.23. The third-order valence-electron chi connectivity index (χ3n) is 2.43. The minimum absolute atomic E-state index is 0.355. The first-order chi connectivity index (χ1) is 7.57. The maximum atomic E-state index is 13.3. The SMILES string of the molecule is CNCCC(N)C(O)c1c(F)cccc1F. The molecular weight excluding hydrogens is 214 g/mol. The van der Waals surface area contributed by atoms with E-state index in [9.17, 15) is 13.9 Å². The molecule has 0 spiro atoms. The molecule has 0 aliphatic heterocycles. The lowest BCUT2D eigenvalue weighted by Crippen LogP contribution is -2.32. The Balaban J connectivity index is 2.82. The van der Waals surface area contributed by atoms with E-state index in [-0.39, 0.29) is 5.56 Å². The Bertz CT molecular complexity index is 327. The van der Waals surface area contributed by atoms with E-state index in [1.165, 1.54) is 6.07 Å². The lowest BCUT2D eigenvalue weighted by molar-refractivity contribution is 0.133. The minimum Gasteiger partial charge on any atom is -0.387 e. The Morgan fingerprint density at radius 3 is 2.44 bits per heavy atom. The van der Waals surface area contributed by atoms with E-state index in [0.717, 1.165) is 12.1 Å². The zero-order chi connectivity index (χ0) is 12.1. The van der Waals surface area contributed by atoms with E-state index in [1.54, 1.807) is 7.05 Å². The first kappa shape index (κ1) is 13.0. The third-order valence-corrected chi connectivity index (χ3v) is 2.43. The summed E-state index contributed by atoms with van der Waals surface area (Å²) in [4.78, 5) is 0. The zero-order valence-corrected chi connectivity index (χ0v) is 9.08. The average Bonchev–Trinajstić information content (AvgIpc) is 2.25. The summed E-state index contributed by atoms with van der Waals surface area (Å²) in [5.74, 6) is -1.54. The molecule has 2 unspecified atom stereocenters. The number of rotatable bonds is 5. The predicted octanol–water partition coefficient (Wildman–Crippen LogP) is 0.935. The molecule has 90 valence electrons. The Morgan fingerprint density at radius 1 is 1.38 bits per heavy atom. The van der Waals surface area contributed by atoms with Gasteiger partial charge in [-0.05, 0) is 32.1 Å². The minimum atomic E-state index is -1.32. The maximum Gasteiger partial charge on any atom is 0.132 e. The normalized spacial score (nSPS) is 14.8. The number of aliphatic hydroxyl groups excluding tert-OH is 1. The molecule has 0 saturated heterocycles. The summed E-state index contributed by atoms with van der Waals surface area (Å²) in [5.41, 5.74) is 5.29. The van der Waals surface area contributed by atoms with Crippen LogP contribution in [0.5, 0.6) is 0 Å². The van der Waals surface area contributed by atoms with Gasteiger partial charge in [0.05, 0.1) is 11.7 Å². The van der Waals surface area contributed by atoms with Gasteiger partial charge < -0.3 is 16.2 Å². The Labute approximate surface area is 93.3 Å². The number of benzene rings is 1. The number of aliphatic hydroxyl groups is 1. The first-order valence-corrected chi connectivity index (χ1v) is 5.10. The summed E-state index contributed by atoms with van der Waals surface area (Å²) in [5, 5.41) is 12.6. The highest BCUT2D eigenvalue weighted by Gasteiger charge is 2.23. The van der Waals surface area contributed by atoms with E-state index in [4.69, 9.17) is 5.73 Å². The molecule has 0 saturated carbocycles. The average molecular weight is 230 g/mol. The van der Waals surface area contributed by atoms with Gasteiger partial charge in [-0.25, -0.2) is 8.78 Å². The molecule has 2 atom stereocenters. The molecule has 0 amide bonds. The molecule has 4 N–H and O–H groups in total. The van der Waals surface area contributed by atoms with Gasteiger partial charge in [0, 0.05) is 6.04 Å². The first-order valence-electron chi connectivity index (χ1n) is 5.10. The van der Waals surface area contributed by atoms with Gasteiger partial charge in [0.1, 0.15) is 11.6 Å². The molecule has 0 radical (unpaired) electrons. The van der Waals surface area contributed by atoms with Crippen LogP contribution in [0.1, 0.15) is 18.1 Å². The summed E-state index contributed by atoms with van der Waals surface area (Å²) < 4.78 is 26.6. The molecule has 16 heavy (non-hydrogen) atoms. The van der Waals surface area contributed by atoms with E-state index in [1.807, 2.05) is 0 Å². The van der Waals surface area contributed by atoms with Crippen molar-refractivity contribution in [2.24, 2.45) is 5.73 Å². The highest BCUT2D eigenvalue weighted by Crippen LogP contribution is 2.23. The second-order valence-corrected chi connectivity index (χ2v) is 3.64. The topological polar surface area (TPSA) is 58.3 Å². The van der Waals surface area contributed by atoms with E-state index >= 15 is 0 Å². The van der Waals surface area contributed by atoms with Crippen LogP contribution in [0.3, 0.4) is 0 Å². The fourth-order valence-electron chi connectivity index (χ4n) is 1.48. The maximum absolute atomic E-state index is 13.3. The molecule has 0 aromatic heterocycles. The summed E-state index contributed by atoms with van der Waals surface area (Å²) in [6.45, 7) is 0.578. The van der Waals surface area contributed by atoms with Crippen LogP contribution in [0.25, 0.3) is 0 Å². The number of nitrogens with two attached hydrogens (primary N) is 1. The largest absolute Gasteiger partial charge is 0.387 e. The van der Waals surface area contributed by atoms with Gasteiger partial charge in [-0.2, -0.15) is 0 Å². The van der Waals surface area contributed by atoms with Crippen molar-refractivity contribution in [1.82, 2.24) is 5.32 Å². The van der Waals surface area contributed by atoms with Crippen molar-refractivity contribution >= 4 is 0 Å². The molecular formula is C11H16F2N2O. The summed E-state index contributed by atoms with van der Waals surface area (Å²) >= 11 is 0. The Morgan fingerprint density at radius 2 is 1.94 bits per heavy atom. The van der Waals surface area contributed by atoms with Gasteiger partial charge in [0.15, 0.2) is 0 Å². The summed E-state index contributed by atoms with van der Waals surface area (Å²) in [6, 6.07) is 2.76. The standard InChI is InChI=1S/C11H16F2N2O/c1-15-6-5-9(14)11(16)10-7(12)3-2-4-8(10)13/h2-4,9,11,15-16H,5-6,14H2,1H3. The highest BCUT2D eigenvalue weighted by atomic mass is 19.1. The van der Waals surface area contributed by atoms with Gasteiger partial charge in [-0.15, -0.1) is 0 Å². The van der Waals surface area contributed by atoms with Gasteiger partial charge in [0.25, 0.3) is 0 Å². The van der Waals surface area contributed by atoms with Crippen LogP contribution in [0, 0.1) is 11.6 Å². The molecule has 0 heterocycles. The van der Waals surface area contributed by atoms with E-state index < -0.39 is 23.8 Å². The molecule has 1 aromatic carbocycles. The van der Waals surface area contributed by atoms with Gasteiger partial charge in [0.2, 0.25) is 0 Å². The van der Waals surface area contributed by atoms with Crippen molar-refractivity contribution < 1.29 is 13.9 Å². The van der Waals surface area contributed by atoms with E-state index in [2.05, 4.69) is 5.32 Å². The lowest BCUT2D eigenvalue weighted by atomic mass is 9.99. The fourth-order valence-corrected chi connectivity index (χ4v) is 1.48. The van der Waals surface area contributed by atoms with Crippen molar-refractivity contribution in [2.45, 2.75) is 18.6 Å². The summed E-state index contributed by atoms with van der Waals surface area (Å²) in [6.07, 6.45) is -0.889. The van der Waals surface area contributed by atoms with Crippen molar-refractivity contribution in [2.75, 3.05) is 13.6 Å². The Hall–Kier alpha value is -1.04. The van der Waals surface area contributed by atoms with Crippen LogP contribution in [0.4, 0.5) is 8.78 Å². The molecule has 0 aliphatic rings. The van der Waals surface area contributed by atoms with Gasteiger partial charge in [-0.1, -0.05) is 6.07 Å². The second kappa shape index (κ2) is 5.89. The number of halogens is 2. The fraction of sp³-hybridized carbons (Fsp3) is 0.455. The van der Waals surface area contributed by atoms with Crippen molar-refractivity contribution in [3.63, 3.8) is 0 Å². The third kappa shape index (κ3) is 2.98. The molecule has 0 bridgehead atoms. The van der Waals surface area contributed by atoms with E-state index in [0.29, 0.717) is 13.0 Å². The van der Waals surface area contributed by atoms with Crippen LogP contribution in [-0.4, -0.2) is 24.7 Å². The molecule has 5 heteroatoms. The lowest BCUT2D eigenvalue weighted by Gasteiger charge is -2.19. The van der Waals surface area contributed by atoms with Crippen LogP contribution in [0.15, 0.2) is 18.2 Å². The summed E-state index contributed by atoms with van der Waals surface area (Å²) in [7, 11) is 1.74. The van der Waals surface area contributed by atoms with Crippen LogP contribution in [0.2, 0.25) is 0 Å². The van der Waals surface area contributed by atoms with Crippen molar-refractivity contribution in [3.05, 3.63) is 35.4 Å². The van der Waals surface area contributed by atoms with Crippen molar-refractivity contribution in [3.8, 4) is 0 Å². The van der Waals surface area contributed by atoms with Crippen LogP contribution >= 0.6 is 0 Å². The van der Waals surface area contributed by atoms with Crippen LogP contribution < -0.4 is 11.1 Å². The van der Waals surface area contributed by atoms with Gasteiger partial charge >= 0.3 is 0 Å². The van der Waals surface area contributed by atoms with Gasteiger partial charge in [-0.3, -0.25) is 0 Å².